The Morgan fingerprint density at radius 3 is 2.31 bits per heavy atom. The SMILES string of the molecule is Cc1nnc(-c2cc3c(c(F)c2F)N2C[C@H](C)O[C@H](C)C2C2(C3)C(=O)N(CCl)C(=O)N(CCl)C2=O)s1. The zero-order valence-electron chi connectivity index (χ0n) is 19.4. The predicted molar refractivity (Wildman–Crippen MR) is 128 cm³/mol. The number of ether oxygens (including phenoxy) is 1. The van der Waals surface area contributed by atoms with E-state index >= 15 is 8.78 Å². The van der Waals surface area contributed by atoms with Crippen molar-refractivity contribution in [1.82, 2.24) is 20.0 Å². The molecule has 5 rings (SSSR count). The van der Waals surface area contributed by atoms with E-state index in [0.29, 0.717) is 5.01 Å². The molecular weight excluding hydrogens is 539 g/mol. The molecule has 0 radical (unpaired) electrons. The van der Waals surface area contributed by atoms with Gasteiger partial charge >= 0.3 is 6.03 Å². The quantitative estimate of drug-likeness (QED) is 0.322. The number of imide groups is 2. The third-order valence-electron chi connectivity index (χ3n) is 6.91. The minimum atomic E-state index is -1.91. The van der Waals surface area contributed by atoms with Crippen LogP contribution in [-0.2, 0) is 20.7 Å². The molecule has 4 amide bonds. The highest BCUT2D eigenvalue weighted by molar-refractivity contribution is 7.14. The van der Waals surface area contributed by atoms with Gasteiger partial charge in [-0.15, -0.1) is 33.4 Å². The van der Waals surface area contributed by atoms with Crippen LogP contribution in [0.15, 0.2) is 6.07 Å². The largest absolute Gasteiger partial charge is 0.372 e. The molecule has 1 spiro atoms. The summed E-state index contributed by atoms with van der Waals surface area (Å²) in [4.78, 5) is 43.5. The predicted octanol–water partition coefficient (Wildman–Crippen LogP) is 3.50. The molecule has 2 fully saturated rings. The monoisotopic (exact) mass is 559 g/mol. The van der Waals surface area contributed by atoms with E-state index in [9.17, 15) is 14.4 Å². The van der Waals surface area contributed by atoms with Crippen molar-refractivity contribution in [1.29, 1.82) is 0 Å². The number of hydrogen-bond donors (Lipinski definition) is 0. The first-order valence-electron chi connectivity index (χ1n) is 11.1. The fourth-order valence-electron chi connectivity index (χ4n) is 5.61. The van der Waals surface area contributed by atoms with Gasteiger partial charge in [-0.05, 0) is 32.4 Å². The van der Waals surface area contributed by atoms with E-state index in [1.807, 2.05) is 0 Å². The average Bonchev–Trinajstić information content (AvgIpc) is 3.26. The first kappa shape index (κ1) is 25.2. The highest BCUT2D eigenvalue weighted by Crippen LogP contribution is 2.51. The van der Waals surface area contributed by atoms with Crippen LogP contribution >= 0.6 is 34.5 Å². The van der Waals surface area contributed by atoms with Crippen LogP contribution in [0.3, 0.4) is 0 Å². The molecule has 3 aliphatic heterocycles. The standard InChI is InChI=1S/C22H21Cl2F2N5O4S/c1-9-6-29-16-12(4-13(14(25)15(16)26)18-28-27-11(3)36-18)5-22(17(29)10(2)35-9)19(32)30(7-23)21(34)31(8-24)20(22)33/h4,9-10,17H,5-8H2,1-3H3/t9-,10+,17?/m0/s1. The lowest BCUT2D eigenvalue weighted by atomic mass is 9.66. The number of halogens is 4. The summed E-state index contributed by atoms with van der Waals surface area (Å²) in [5.41, 5.74) is -1.88. The van der Waals surface area contributed by atoms with Gasteiger partial charge in [0.2, 0.25) is 11.8 Å². The van der Waals surface area contributed by atoms with Gasteiger partial charge < -0.3 is 9.64 Å². The Balaban J connectivity index is 1.78. The van der Waals surface area contributed by atoms with Crippen molar-refractivity contribution in [3.05, 3.63) is 28.3 Å². The first-order chi connectivity index (χ1) is 17.1. The molecule has 2 aromatic rings. The van der Waals surface area contributed by atoms with Crippen molar-refractivity contribution in [2.24, 2.45) is 5.41 Å². The van der Waals surface area contributed by atoms with E-state index in [-0.39, 0.29) is 34.8 Å². The number of amides is 4. The van der Waals surface area contributed by atoms with Crippen molar-refractivity contribution in [2.75, 3.05) is 23.5 Å². The highest BCUT2D eigenvalue weighted by atomic mass is 35.5. The molecule has 1 aromatic heterocycles. The zero-order chi connectivity index (χ0) is 26.1. The number of carbonyl (C=O) groups excluding carboxylic acids is 3. The smallest absolute Gasteiger partial charge is 0.335 e. The van der Waals surface area contributed by atoms with Crippen LogP contribution in [0.25, 0.3) is 10.6 Å². The number of carbonyl (C=O) groups is 3. The lowest BCUT2D eigenvalue weighted by Crippen LogP contribution is -2.76. The molecule has 0 bridgehead atoms. The molecule has 1 unspecified atom stereocenters. The number of rotatable bonds is 3. The van der Waals surface area contributed by atoms with Gasteiger partial charge in [-0.1, -0.05) is 11.3 Å². The molecule has 192 valence electrons. The van der Waals surface area contributed by atoms with Crippen LogP contribution in [0, 0.1) is 24.0 Å². The van der Waals surface area contributed by atoms with Crippen LogP contribution in [0.4, 0.5) is 19.3 Å². The van der Waals surface area contributed by atoms with E-state index in [1.54, 1.807) is 20.8 Å². The summed E-state index contributed by atoms with van der Waals surface area (Å²) in [6.07, 6.45) is -1.50. The lowest BCUT2D eigenvalue weighted by molar-refractivity contribution is -0.166. The molecule has 0 aliphatic carbocycles. The maximum Gasteiger partial charge on any atom is 0.335 e. The summed E-state index contributed by atoms with van der Waals surface area (Å²) in [6.45, 7) is 5.17. The number of aromatic nitrogens is 2. The summed E-state index contributed by atoms with van der Waals surface area (Å²) in [7, 11) is 0. The first-order valence-corrected chi connectivity index (χ1v) is 13.0. The van der Waals surface area contributed by atoms with E-state index < -0.39 is 65.2 Å². The van der Waals surface area contributed by atoms with Gasteiger partial charge in [0.1, 0.15) is 17.0 Å². The van der Waals surface area contributed by atoms with Crippen LogP contribution in [-0.4, -0.2) is 74.6 Å². The lowest BCUT2D eigenvalue weighted by Gasteiger charge is -2.57. The van der Waals surface area contributed by atoms with Gasteiger partial charge in [-0.3, -0.25) is 9.59 Å². The Labute approximate surface area is 218 Å². The van der Waals surface area contributed by atoms with Crippen molar-refractivity contribution < 1.29 is 27.9 Å². The van der Waals surface area contributed by atoms with Gasteiger partial charge in [-0.25, -0.2) is 23.4 Å². The van der Waals surface area contributed by atoms with E-state index in [4.69, 9.17) is 27.9 Å². The van der Waals surface area contributed by atoms with E-state index in [1.165, 1.54) is 11.0 Å². The number of hydrogen-bond acceptors (Lipinski definition) is 8. The van der Waals surface area contributed by atoms with Gasteiger partial charge in [0.25, 0.3) is 0 Å². The molecule has 1 aromatic carbocycles. The fourth-order valence-corrected chi connectivity index (χ4v) is 6.74. The van der Waals surface area contributed by atoms with Crippen molar-refractivity contribution in [2.45, 2.75) is 45.4 Å². The number of aryl methyl sites for hydroxylation is 1. The highest BCUT2D eigenvalue weighted by Gasteiger charge is 2.67. The summed E-state index contributed by atoms with van der Waals surface area (Å²) in [5.74, 6) is -3.89. The van der Waals surface area contributed by atoms with Crippen LogP contribution in [0.2, 0.25) is 0 Å². The molecule has 3 atom stereocenters. The summed E-state index contributed by atoms with van der Waals surface area (Å²) < 4.78 is 37.1. The Morgan fingerprint density at radius 2 is 1.75 bits per heavy atom. The van der Waals surface area contributed by atoms with Crippen molar-refractivity contribution in [3.63, 3.8) is 0 Å². The number of barbiturate groups is 1. The Bertz CT molecular complexity index is 1270. The van der Waals surface area contributed by atoms with E-state index in [0.717, 1.165) is 21.1 Å². The normalized spacial score (nSPS) is 25.5. The third-order valence-corrected chi connectivity index (χ3v) is 8.26. The summed E-state index contributed by atoms with van der Waals surface area (Å²) in [6, 6.07) is -1.62. The van der Waals surface area contributed by atoms with Gasteiger partial charge in [0.05, 0.1) is 29.5 Å². The molecule has 36 heavy (non-hydrogen) atoms. The number of alkyl halides is 2. The Kier molecular flexibility index (Phi) is 6.21. The average molecular weight is 560 g/mol. The fraction of sp³-hybridized carbons (Fsp3) is 0.500. The number of fused-ring (bicyclic) bond motifs is 4. The van der Waals surface area contributed by atoms with Crippen molar-refractivity contribution >= 4 is 58.1 Å². The van der Waals surface area contributed by atoms with Crippen LogP contribution in [0.1, 0.15) is 24.4 Å². The Morgan fingerprint density at radius 1 is 1.11 bits per heavy atom. The number of morpholine rings is 1. The third kappa shape index (κ3) is 3.37. The van der Waals surface area contributed by atoms with Gasteiger partial charge in [-0.2, -0.15) is 0 Å². The molecule has 14 heteroatoms. The maximum atomic E-state index is 15.8. The van der Waals surface area contributed by atoms with Crippen molar-refractivity contribution in [3.8, 4) is 10.6 Å². The molecule has 4 heterocycles. The number of nitrogens with zero attached hydrogens (tertiary/aromatic N) is 5. The molecule has 0 saturated carbocycles. The molecular formula is C22H21Cl2F2N5O4S. The zero-order valence-corrected chi connectivity index (χ0v) is 21.8. The minimum absolute atomic E-state index is 0.0533. The second kappa shape index (κ2) is 8.86. The van der Waals surface area contributed by atoms with E-state index in [2.05, 4.69) is 10.2 Å². The summed E-state index contributed by atoms with van der Waals surface area (Å²) in [5, 5.41) is 8.54. The van der Waals surface area contributed by atoms with Crippen LogP contribution < -0.4 is 4.90 Å². The number of benzene rings is 1. The second-order valence-electron chi connectivity index (χ2n) is 9.07. The molecule has 2 saturated heterocycles. The van der Waals surface area contributed by atoms with Gasteiger partial charge in [0.15, 0.2) is 22.1 Å². The molecule has 9 nitrogen and oxygen atoms in total. The Hall–Kier alpha value is -2.41. The second-order valence-corrected chi connectivity index (χ2v) is 10.7. The molecule has 0 N–H and O–H groups in total. The van der Waals surface area contributed by atoms with Crippen LogP contribution in [0.5, 0.6) is 0 Å². The number of anilines is 1. The summed E-state index contributed by atoms with van der Waals surface area (Å²) >= 11 is 13.0. The molecule has 3 aliphatic rings. The number of urea groups is 1. The topological polar surface area (TPSA) is 95.9 Å². The minimum Gasteiger partial charge on any atom is -0.372 e. The maximum absolute atomic E-state index is 15.8. The van der Waals surface area contributed by atoms with Gasteiger partial charge in [0, 0.05) is 13.0 Å².